The quantitative estimate of drug-likeness (QED) is 0.743. The summed E-state index contributed by atoms with van der Waals surface area (Å²) in [7, 11) is 0. The van der Waals surface area contributed by atoms with E-state index < -0.39 is 0 Å². The standard InChI is InChI=1S/C12H18ClN3/c1-10-5-3-2-4-6-16(10)12-14-8-11(7-13)9-15-12/h8-10H,2-7H2,1H3. The summed E-state index contributed by atoms with van der Waals surface area (Å²) < 4.78 is 0. The van der Waals surface area contributed by atoms with E-state index in [4.69, 9.17) is 11.6 Å². The zero-order chi connectivity index (χ0) is 11.4. The zero-order valence-corrected chi connectivity index (χ0v) is 10.5. The van der Waals surface area contributed by atoms with Gasteiger partial charge in [0, 0.05) is 30.5 Å². The Morgan fingerprint density at radius 1 is 1.31 bits per heavy atom. The molecule has 1 saturated heterocycles. The molecule has 0 amide bonds. The molecule has 0 radical (unpaired) electrons. The van der Waals surface area contributed by atoms with E-state index in [0.29, 0.717) is 11.9 Å². The van der Waals surface area contributed by atoms with Crippen LogP contribution in [0.1, 0.15) is 38.2 Å². The number of aromatic nitrogens is 2. The molecule has 4 heteroatoms. The van der Waals surface area contributed by atoms with Crippen molar-refractivity contribution in [1.29, 1.82) is 0 Å². The fourth-order valence-corrected chi connectivity index (χ4v) is 2.28. The van der Waals surface area contributed by atoms with Crippen molar-refractivity contribution in [2.75, 3.05) is 11.4 Å². The van der Waals surface area contributed by atoms with Crippen LogP contribution in [0.4, 0.5) is 5.95 Å². The highest BCUT2D eigenvalue weighted by Crippen LogP contribution is 2.20. The van der Waals surface area contributed by atoms with Crippen LogP contribution in [0.15, 0.2) is 12.4 Å². The minimum Gasteiger partial charge on any atom is -0.338 e. The van der Waals surface area contributed by atoms with E-state index in [1.165, 1.54) is 25.7 Å². The maximum absolute atomic E-state index is 5.73. The molecule has 0 N–H and O–H groups in total. The summed E-state index contributed by atoms with van der Waals surface area (Å²) in [6.45, 7) is 3.32. The van der Waals surface area contributed by atoms with Gasteiger partial charge in [-0.1, -0.05) is 12.8 Å². The summed E-state index contributed by atoms with van der Waals surface area (Å²) in [5, 5.41) is 0. The first-order valence-electron chi connectivity index (χ1n) is 5.95. The van der Waals surface area contributed by atoms with Crippen LogP contribution in [0.25, 0.3) is 0 Å². The van der Waals surface area contributed by atoms with Gasteiger partial charge in [0.25, 0.3) is 0 Å². The second-order valence-corrected chi connectivity index (χ2v) is 4.68. The average Bonchev–Trinajstić information content (AvgIpc) is 2.54. The lowest BCUT2D eigenvalue weighted by atomic mass is 10.1. The highest BCUT2D eigenvalue weighted by atomic mass is 35.5. The molecule has 1 atom stereocenters. The van der Waals surface area contributed by atoms with Crippen molar-refractivity contribution in [3.8, 4) is 0 Å². The van der Waals surface area contributed by atoms with E-state index in [9.17, 15) is 0 Å². The van der Waals surface area contributed by atoms with Crippen molar-refractivity contribution < 1.29 is 0 Å². The number of anilines is 1. The van der Waals surface area contributed by atoms with Crippen molar-refractivity contribution in [2.24, 2.45) is 0 Å². The molecule has 0 spiro atoms. The highest BCUT2D eigenvalue weighted by Gasteiger charge is 2.18. The maximum Gasteiger partial charge on any atom is 0.225 e. The normalized spacial score (nSPS) is 21.9. The Balaban J connectivity index is 2.14. The van der Waals surface area contributed by atoms with E-state index in [0.717, 1.165) is 18.1 Å². The first-order chi connectivity index (χ1) is 7.81. The number of hydrogen-bond acceptors (Lipinski definition) is 3. The molecule has 0 bridgehead atoms. The van der Waals surface area contributed by atoms with Crippen LogP contribution in [0.5, 0.6) is 0 Å². The lowest BCUT2D eigenvalue weighted by Gasteiger charge is -2.26. The second kappa shape index (κ2) is 5.48. The maximum atomic E-state index is 5.73. The molecule has 1 unspecified atom stereocenters. The predicted octanol–water partition coefficient (Wildman–Crippen LogP) is 2.98. The summed E-state index contributed by atoms with van der Waals surface area (Å²) in [4.78, 5) is 11.1. The first-order valence-corrected chi connectivity index (χ1v) is 6.48. The van der Waals surface area contributed by atoms with Crippen molar-refractivity contribution >= 4 is 17.5 Å². The molecule has 16 heavy (non-hydrogen) atoms. The number of alkyl halides is 1. The first kappa shape index (κ1) is 11.6. The van der Waals surface area contributed by atoms with Gasteiger partial charge in [-0.2, -0.15) is 0 Å². The predicted molar refractivity (Wildman–Crippen MR) is 66.9 cm³/mol. The Hall–Kier alpha value is -0.830. The minimum atomic E-state index is 0.482. The molecule has 1 aromatic rings. The van der Waals surface area contributed by atoms with Crippen molar-refractivity contribution in [1.82, 2.24) is 9.97 Å². The van der Waals surface area contributed by atoms with E-state index in [-0.39, 0.29) is 0 Å². The molecule has 2 heterocycles. The number of nitrogens with zero attached hydrogens (tertiary/aromatic N) is 3. The van der Waals surface area contributed by atoms with Gasteiger partial charge in [0.2, 0.25) is 5.95 Å². The number of halogens is 1. The fraction of sp³-hybridized carbons (Fsp3) is 0.667. The summed E-state index contributed by atoms with van der Waals surface area (Å²) in [6, 6.07) is 0.546. The minimum absolute atomic E-state index is 0.482. The molecule has 3 nitrogen and oxygen atoms in total. The third kappa shape index (κ3) is 2.64. The molecule has 1 fully saturated rings. The summed E-state index contributed by atoms with van der Waals surface area (Å²) >= 11 is 5.73. The van der Waals surface area contributed by atoms with Gasteiger partial charge in [0.15, 0.2) is 0 Å². The van der Waals surface area contributed by atoms with Crippen LogP contribution in [0, 0.1) is 0 Å². The van der Waals surface area contributed by atoms with Gasteiger partial charge in [-0.25, -0.2) is 9.97 Å². The van der Waals surface area contributed by atoms with Crippen LogP contribution in [0.2, 0.25) is 0 Å². The van der Waals surface area contributed by atoms with Gasteiger partial charge < -0.3 is 4.90 Å². The van der Waals surface area contributed by atoms with Crippen LogP contribution in [0.3, 0.4) is 0 Å². The fourth-order valence-electron chi connectivity index (χ4n) is 2.14. The topological polar surface area (TPSA) is 29.0 Å². The third-order valence-corrected chi connectivity index (χ3v) is 3.46. The lowest BCUT2D eigenvalue weighted by Crippen LogP contribution is -2.33. The number of rotatable bonds is 2. The summed E-state index contributed by atoms with van der Waals surface area (Å²) in [5.74, 6) is 1.33. The smallest absolute Gasteiger partial charge is 0.225 e. The van der Waals surface area contributed by atoms with Crippen molar-refractivity contribution in [2.45, 2.75) is 44.5 Å². The van der Waals surface area contributed by atoms with E-state index in [2.05, 4.69) is 21.8 Å². The lowest BCUT2D eigenvalue weighted by molar-refractivity contribution is 0.604. The van der Waals surface area contributed by atoms with Crippen LogP contribution >= 0.6 is 11.6 Å². The van der Waals surface area contributed by atoms with E-state index in [1.807, 2.05) is 12.4 Å². The van der Waals surface area contributed by atoms with Crippen molar-refractivity contribution in [3.63, 3.8) is 0 Å². The van der Waals surface area contributed by atoms with Crippen LogP contribution in [-0.4, -0.2) is 22.6 Å². The van der Waals surface area contributed by atoms with Gasteiger partial charge in [0.1, 0.15) is 0 Å². The molecule has 1 aromatic heterocycles. The largest absolute Gasteiger partial charge is 0.338 e. The Morgan fingerprint density at radius 3 is 2.75 bits per heavy atom. The molecule has 0 saturated carbocycles. The molecule has 0 aliphatic carbocycles. The Labute approximate surface area is 102 Å². The second-order valence-electron chi connectivity index (χ2n) is 4.42. The van der Waals surface area contributed by atoms with E-state index >= 15 is 0 Å². The molecular weight excluding hydrogens is 222 g/mol. The molecular formula is C12H18ClN3. The van der Waals surface area contributed by atoms with Gasteiger partial charge in [-0.05, 0) is 19.8 Å². The molecule has 0 aromatic carbocycles. The third-order valence-electron chi connectivity index (χ3n) is 3.16. The average molecular weight is 240 g/mol. The SMILES string of the molecule is CC1CCCCCN1c1ncc(CCl)cn1. The monoisotopic (exact) mass is 239 g/mol. The van der Waals surface area contributed by atoms with Gasteiger partial charge in [-0.15, -0.1) is 11.6 Å². The number of hydrogen-bond donors (Lipinski definition) is 0. The molecule has 88 valence electrons. The van der Waals surface area contributed by atoms with Crippen LogP contribution < -0.4 is 4.90 Å². The van der Waals surface area contributed by atoms with E-state index in [1.54, 1.807) is 0 Å². The Kier molecular flexibility index (Phi) is 3.99. The molecule has 1 aliphatic rings. The van der Waals surface area contributed by atoms with Gasteiger partial charge in [0.05, 0.1) is 5.88 Å². The molecule has 2 rings (SSSR count). The van der Waals surface area contributed by atoms with Crippen molar-refractivity contribution in [3.05, 3.63) is 18.0 Å². The van der Waals surface area contributed by atoms with Gasteiger partial charge >= 0.3 is 0 Å². The summed E-state index contributed by atoms with van der Waals surface area (Å²) in [5.41, 5.74) is 0.980. The highest BCUT2D eigenvalue weighted by molar-refractivity contribution is 6.17. The van der Waals surface area contributed by atoms with Gasteiger partial charge in [-0.3, -0.25) is 0 Å². The Morgan fingerprint density at radius 2 is 2.06 bits per heavy atom. The zero-order valence-electron chi connectivity index (χ0n) is 9.69. The Bertz CT molecular complexity index is 326. The molecule has 1 aliphatic heterocycles. The summed E-state index contributed by atoms with van der Waals surface area (Å²) in [6.07, 6.45) is 8.77. The van der Waals surface area contributed by atoms with Crippen LogP contribution in [-0.2, 0) is 5.88 Å².